The minimum atomic E-state index is 0.182. The SMILES string of the molecule is CC1CC(Oc2ccc(C(N)=S)nc2)CC(C)O1. The largest absolute Gasteiger partial charge is 0.489 e. The van der Waals surface area contributed by atoms with Crippen LogP contribution in [0, 0.1) is 0 Å². The van der Waals surface area contributed by atoms with Gasteiger partial charge >= 0.3 is 0 Å². The van der Waals surface area contributed by atoms with E-state index >= 15 is 0 Å². The van der Waals surface area contributed by atoms with E-state index in [1.54, 1.807) is 12.3 Å². The number of rotatable bonds is 3. The van der Waals surface area contributed by atoms with Crippen molar-refractivity contribution >= 4 is 17.2 Å². The summed E-state index contributed by atoms with van der Waals surface area (Å²) in [4.78, 5) is 4.46. The van der Waals surface area contributed by atoms with Crippen molar-refractivity contribution < 1.29 is 9.47 Å². The lowest BCUT2D eigenvalue weighted by molar-refractivity contribution is -0.0722. The van der Waals surface area contributed by atoms with Crippen LogP contribution in [0.4, 0.5) is 0 Å². The van der Waals surface area contributed by atoms with Crippen molar-refractivity contribution in [2.75, 3.05) is 0 Å². The number of nitrogens with two attached hydrogens (primary N) is 1. The molecule has 1 aromatic heterocycles. The van der Waals surface area contributed by atoms with Crippen molar-refractivity contribution in [1.82, 2.24) is 4.98 Å². The fourth-order valence-electron chi connectivity index (χ4n) is 2.23. The molecular weight excluding hydrogens is 248 g/mol. The minimum Gasteiger partial charge on any atom is -0.489 e. The van der Waals surface area contributed by atoms with Crippen LogP contribution >= 0.6 is 12.2 Å². The lowest BCUT2D eigenvalue weighted by Gasteiger charge is -2.32. The van der Waals surface area contributed by atoms with E-state index in [9.17, 15) is 0 Å². The topological polar surface area (TPSA) is 57.4 Å². The fraction of sp³-hybridized carbons (Fsp3) is 0.538. The molecule has 0 saturated carbocycles. The Balaban J connectivity index is 1.98. The van der Waals surface area contributed by atoms with Crippen LogP contribution in [0.2, 0.25) is 0 Å². The normalized spacial score (nSPS) is 27.8. The molecule has 0 bridgehead atoms. The summed E-state index contributed by atoms with van der Waals surface area (Å²) < 4.78 is 11.6. The molecule has 2 unspecified atom stereocenters. The summed E-state index contributed by atoms with van der Waals surface area (Å²) in [7, 11) is 0. The molecule has 4 nitrogen and oxygen atoms in total. The van der Waals surface area contributed by atoms with Gasteiger partial charge in [0.25, 0.3) is 0 Å². The van der Waals surface area contributed by atoms with Crippen LogP contribution < -0.4 is 10.5 Å². The third-order valence-corrected chi connectivity index (χ3v) is 3.15. The van der Waals surface area contributed by atoms with Gasteiger partial charge in [0, 0.05) is 12.8 Å². The summed E-state index contributed by atoms with van der Waals surface area (Å²) in [5.74, 6) is 0.751. The molecule has 2 heterocycles. The van der Waals surface area contributed by atoms with E-state index in [1.807, 2.05) is 6.07 Å². The van der Waals surface area contributed by atoms with Crippen LogP contribution in [0.5, 0.6) is 5.75 Å². The molecule has 1 fully saturated rings. The average molecular weight is 266 g/mol. The maximum Gasteiger partial charge on any atom is 0.138 e. The number of aromatic nitrogens is 1. The van der Waals surface area contributed by atoms with Crippen LogP contribution in [0.1, 0.15) is 32.4 Å². The lowest BCUT2D eigenvalue weighted by atomic mass is 10.0. The predicted octanol–water partition coefficient (Wildman–Crippen LogP) is 2.05. The molecule has 2 atom stereocenters. The van der Waals surface area contributed by atoms with Gasteiger partial charge in [-0.1, -0.05) is 12.2 Å². The van der Waals surface area contributed by atoms with E-state index in [0.717, 1.165) is 18.6 Å². The smallest absolute Gasteiger partial charge is 0.138 e. The summed E-state index contributed by atoms with van der Waals surface area (Å²) in [5.41, 5.74) is 6.11. The molecule has 98 valence electrons. The molecular formula is C13H18N2O2S. The van der Waals surface area contributed by atoms with Gasteiger partial charge in [-0.25, -0.2) is 4.98 Å². The molecule has 1 aromatic rings. The number of ether oxygens (including phenoxy) is 2. The second-order valence-corrected chi connectivity index (χ2v) is 5.15. The van der Waals surface area contributed by atoms with Crippen LogP contribution in [0.3, 0.4) is 0 Å². The molecule has 1 saturated heterocycles. The van der Waals surface area contributed by atoms with E-state index in [2.05, 4.69) is 18.8 Å². The van der Waals surface area contributed by atoms with Gasteiger partial charge in [-0.2, -0.15) is 0 Å². The molecule has 0 spiro atoms. The van der Waals surface area contributed by atoms with Crippen molar-refractivity contribution in [3.05, 3.63) is 24.0 Å². The van der Waals surface area contributed by atoms with Crippen molar-refractivity contribution in [3.63, 3.8) is 0 Å². The zero-order valence-corrected chi connectivity index (χ0v) is 11.4. The minimum absolute atomic E-state index is 0.182. The molecule has 0 aromatic carbocycles. The maximum atomic E-state index is 5.90. The highest BCUT2D eigenvalue weighted by molar-refractivity contribution is 7.80. The Hall–Kier alpha value is -1.20. The molecule has 5 heteroatoms. The van der Waals surface area contributed by atoms with E-state index in [0.29, 0.717) is 10.7 Å². The lowest BCUT2D eigenvalue weighted by Crippen LogP contribution is -2.35. The Bertz CT molecular complexity index is 412. The highest BCUT2D eigenvalue weighted by atomic mass is 32.1. The molecule has 0 amide bonds. The first kappa shape index (κ1) is 13.2. The first-order chi connectivity index (χ1) is 8.54. The second-order valence-electron chi connectivity index (χ2n) is 4.71. The van der Waals surface area contributed by atoms with Gasteiger partial charge in [0.05, 0.1) is 24.1 Å². The second kappa shape index (κ2) is 5.63. The number of nitrogens with zero attached hydrogens (tertiary/aromatic N) is 1. The number of thiocarbonyl (C=S) groups is 1. The van der Waals surface area contributed by atoms with Gasteiger partial charge in [0.1, 0.15) is 16.8 Å². The van der Waals surface area contributed by atoms with E-state index in [4.69, 9.17) is 27.4 Å². The summed E-state index contributed by atoms with van der Waals surface area (Å²) in [6.07, 6.45) is 4.13. The van der Waals surface area contributed by atoms with Gasteiger partial charge in [-0.05, 0) is 26.0 Å². The third kappa shape index (κ3) is 3.40. The molecule has 2 N–H and O–H groups in total. The number of hydrogen-bond acceptors (Lipinski definition) is 4. The van der Waals surface area contributed by atoms with Crippen molar-refractivity contribution in [2.45, 2.75) is 45.0 Å². The maximum absolute atomic E-state index is 5.90. The predicted molar refractivity (Wildman–Crippen MR) is 73.8 cm³/mol. The summed E-state index contributed by atoms with van der Waals surface area (Å²) in [5, 5.41) is 0. The molecule has 0 radical (unpaired) electrons. The van der Waals surface area contributed by atoms with E-state index in [-0.39, 0.29) is 18.3 Å². The Kier molecular flexibility index (Phi) is 4.14. The first-order valence-electron chi connectivity index (χ1n) is 6.12. The standard InChI is InChI=1S/C13H18N2O2S/c1-8-5-11(6-9(2)16-8)17-10-3-4-12(13(14)18)15-7-10/h3-4,7-9,11H,5-6H2,1-2H3,(H2,14,18). The van der Waals surface area contributed by atoms with Crippen LogP contribution in [-0.2, 0) is 4.74 Å². The van der Waals surface area contributed by atoms with Gasteiger partial charge in [-0.15, -0.1) is 0 Å². The summed E-state index contributed by atoms with van der Waals surface area (Å²) >= 11 is 4.86. The highest BCUT2D eigenvalue weighted by Gasteiger charge is 2.25. The average Bonchev–Trinajstić information content (AvgIpc) is 2.28. The van der Waals surface area contributed by atoms with Gasteiger partial charge < -0.3 is 15.2 Å². The summed E-state index contributed by atoms with van der Waals surface area (Å²) in [6, 6.07) is 3.64. The first-order valence-corrected chi connectivity index (χ1v) is 6.53. The van der Waals surface area contributed by atoms with E-state index in [1.165, 1.54) is 0 Å². The van der Waals surface area contributed by atoms with Crippen LogP contribution in [0.15, 0.2) is 18.3 Å². The Morgan fingerprint density at radius 3 is 2.56 bits per heavy atom. The quantitative estimate of drug-likeness (QED) is 0.849. The molecule has 1 aliphatic heterocycles. The third-order valence-electron chi connectivity index (χ3n) is 2.95. The number of hydrogen-bond donors (Lipinski definition) is 1. The molecule has 18 heavy (non-hydrogen) atoms. The zero-order chi connectivity index (χ0) is 13.1. The molecule has 0 aliphatic carbocycles. The Labute approximate surface area is 112 Å². The van der Waals surface area contributed by atoms with Gasteiger partial charge in [0.2, 0.25) is 0 Å². The zero-order valence-electron chi connectivity index (χ0n) is 10.6. The Morgan fingerprint density at radius 2 is 2.06 bits per heavy atom. The molecule has 2 rings (SSSR count). The summed E-state index contributed by atoms with van der Waals surface area (Å²) in [6.45, 7) is 4.14. The highest BCUT2D eigenvalue weighted by Crippen LogP contribution is 2.23. The van der Waals surface area contributed by atoms with Gasteiger partial charge in [0.15, 0.2) is 0 Å². The van der Waals surface area contributed by atoms with Crippen molar-refractivity contribution in [3.8, 4) is 5.75 Å². The van der Waals surface area contributed by atoms with Gasteiger partial charge in [-0.3, -0.25) is 0 Å². The molecule has 1 aliphatic rings. The van der Waals surface area contributed by atoms with Crippen LogP contribution in [0.25, 0.3) is 0 Å². The Morgan fingerprint density at radius 1 is 1.39 bits per heavy atom. The number of pyridine rings is 1. The monoisotopic (exact) mass is 266 g/mol. The van der Waals surface area contributed by atoms with Crippen molar-refractivity contribution in [1.29, 1.82) is 0 Å². The fourth-order valence-corrected chi connectivity index (χ4v) is 2.35. The van der Waals surface area contributed by atoms with E-state index < -0.39 is 0 Å². The van der Waals surface area contributed by atoms with Crippen LogP contribution in [-0.4, -0.2) is 28.3 Å². The van der Waals surface area contributed by atoms with Crippen molar-refractivity contribution in [2.24, 2.45) is 5.73 Å².